The highest BCUT2D eigenvalue weighted by Gasteiger charge is 2.85. The van der Waals surface area contributed by atoms with E-state index in [9.17, 15) is 19.2 Å². The fourth-order valence-electron chi connectivity index (χ4n) is 5.15. The molecule has 27 heavy (non-hydrogen) atoms. The van der Waals surface area contributed by atoms with Crippen molar-refractivity contribution in [1.82, 2.24) is 9.80 Å². The van der Waals surface area contributed by atoms with E-state index >= 15 is 0 Å². The van der Waals surface area contributed by atoms with Crippen molar-refractivity contribution in [3.8, 4) is 0 Å². The fraction of sp³-hybridized carbons (Fsp3) is 0.474. The minimum Gasteiger partial charge on any atom is -0.374 e. The Kier molecular flexibility index (Phi) is 3.08. The fourth-order valence-corrected chi connectivity index (χ4v) is 5.15. The Bertz CT molecular complexity index is 901. The number of carbonyl (C=O) groups is 4. The largest absolute Gasteiger partial charge is 0.374 e. The number of benzene rings is 1. The summed E-state index contributed by atoms with van der Waals surface area (Å²) in [6, 6.07) is 8.77. The van der Waals surface area contributed by atoms with Crippen LogP contribution in [0, 0.1) is 11.8 Å². The molecule has 4 fully saturated rings. The Morgan fingerprint density at radius 2 is 1.78 bits per heavy atom. The highest BCUT2D eigenvalue weighted by atomic mass is 16.6. The van der Waals surface area contributed by atoms with E-state index in [2.05, 4.69) is 0 Å². The molecule has 2 bridgehead atoms. The van der Waals surface area contributed by atoms with Crippen molar-refractivity contribution in [3.05, 3.63) is 35.9 Å². The predicted octanol–water partition coefficient (Wildman–Crippen LogP) is -0.115. The smallest absolute Gasteiger partial charge is 0.266 e. The zero-order chi connectivity index (χ0) is 19.1. The molecule has 1 aromatic carbocycles. The van der Waals surface area contributed by atoms with Crippen LogP contribution in [0.2, 0.25) is 0 Å². The van der Waals surface area contributed by atoms with Crippen molar-refractivity contribution in [3.63, 3.8) is 0 Å². The van der Waals surface area contributed by atoms with Gasteiger partial charge in [0.1, 0.15) is 11.8 Å². The number of hydrogen-bond donors (Lipinski definition) is 0. The third-order valence-electron chi connectivity index (χ3n) is 6.34. The van der Waals surface area contributed by atoms with E-state index in [4.69, 9.17) is 9.47 Å². The Hall–Kier alpha value is -2.58. The van der Waals surface area contributed by atoms with Crippen molar-refractivity contribution in [2.24, 2.45) is 11.8 Å². The molecule has 5 rings (SSSR count). The number of Topliss-reactive ketones (excluding diaryl/α,β-unsaturated/α-hetero) is 1. The van der Waals surface area contributed by atoms with Gasteiger partial charge >= 0.3 is 0 Å². The van der Waals surface area contributed by atoms with Gasteiger partial charge in [0, 0.05) is 7.05 Å². The number of piperidine rings is 1. The van der Waals surface area contributed by atoms with Crippen molar-refractivity contribution < 1.29 is 28.7 Å². The first kappa shape index (κ1) is 16.6. The minimum atomic E-state index is -1.96. The summed E-state index contributed by atoms with van der Waals surface area (Å²) >= 11 is 0. The highest BCUT2D eigenvalue weighted by Crippen LogP contribution is 2.62. The second-order valence-electron chi connectivity index (χ2n) is 7.55. The highest BCUT2D eigenvalue weighted by molar-refractivity contribution is 6.20. The monoisotopic (exact) mass is 370 g/mol. The summed E-state index contributed by atoms with van der Waals surface area (Å²) in [4.78, 5) is 54.2. The Morgan fingerprint density at radius 1 is 1.11 bits per heavy atom. The van der Waals surface area contributed by atoms with E-state index in [1.165, 1.54) is 18.9 Å². The summed E-state index contributed by atoms with van der Waals surface area (Å²) in [5, 5.41) is 0. The molecule has 4 saturated heterocycles. The molecule has 0 radical (unpaired) electrons. The molecule has 0 aliphatic carbocycles. The lowest BCUT2D eigenvalue weighted by atomic mass is 9.71. The average molecular weight is 370 g/mol. The van der Waals surface area contributed by atoms with Crippen LogP contribution in [0.15, 0.2) is 30.3 Å². The molecule has 0 saturated carbocycles. The van der Waals surface area contributed by atoms with Crippen LogP contribution in [0.25, 0.3) is 0 Å². The van der Waals surface area contributed by atoms with Crippen LogP contribution in [0.4, 0.5) is 0 Å². The third-order valence-corrected chi connectivity index (χ3v) is 6.34. The number of ether oxygens (including phenoxy) is 2. The first-order chi connectivity index (χ1) is 12.9. The molecule has 0 aromatic heterocycles. The molecule has 1 aromatic rings. The first-order valence-corrected chi connectivity index (χ1v) is 8.85. The van der Waals surface area contributed by atoms with Gasteiger partial charge < -0.3 is 9.47 Å². The minimum absolute atomic E-state index is 0.0505. The first-order valence-electron chi connectivity index (χ1n) is 8.85. The second-order valence-corrected chi connectivity index (χ2v) is 7.55. The van der Waals surface area contributed by atoms with Crippen LogP contribution in [-0.2, 0) is 28.7 Å². The predicted molar refractivity (Wildman–Crippen MR) is 88.8 cm³/mol. The van der Waals surface area contributed by atoms with Gasteiger partial charge in [0.15, 0.2) is 11.5 Å². The number of likely N-dealkylation sites (tertiary alicyclic amines) is 1. The van der Waals surface area contributed by atoms with Crippen molar-refractivity contribution in [2.45, 2.75) is 24.3 Å². The second kappa shape index (κ2) is 5.02. The zero-order valence-electron chi connectivity index (χ0n) is 14.9. The topological polar surface area (TPSA) is 93.2 Å². The van der Waals surface area contributed by atoms with Gasteiger partial charge in [0.25, 0.3) is 5.91 Å². The van der Waals surface area contributed by atoms with Gasteiger partial charge in [-0.05, 0) is 12.5 Å². The number of ketones is 1. The lowest BCUT2D eigenvalue weighted by Crippen LogP contribution is -2.66. The normalized spacial score (nSPS) is 39.8. The number of fused-ring (bicyclic) bond motifs is 3. The van der Waals surface area contributed by atoms with E-state index in [0.717, 1.165) is 10.5 Å². The molecule has 0 N–H and O–H groups in total. The lowest BCUT2D eigenvalue weighted by Gasteiger charge is -2.48. The molecule has 140 valence electrons. The van der Waals surface area contributed by atoms with Crippen LogP contribution < -0.4 is 0 Å². The number of carbonyl (C=O) groups excluding carboxylic acids is 4. The van der Waals surface area contributed by atoms with Crippen LogP contribution in [-0.4, -0.2) is 64.9 Å². The molecule has 4 aliphatic heterocycles. The number of rotatable bonds is 2. The molecule has 5 atom stereocenters. The van der Waals surface area contributed by atoms with Gasteiger partial charge in [-0.2, -0.15) is 0 Å². The summed E-state index contributed by atoms with van der Waals surface area (Å²) in [6.07, 6.45) is 0. The van der Waals surface area contributed by atoms with E-state index in [-0.39, 0.29) is 13.2 Å². The van der Waals surface area contributed by atoms with Crippen molar-refractivity contribution in [1.29, 1.82) is 0 Å². The zero-order valence-corrected chi connectivity index (χ0v) is 14.9. The average Bonchev–Trinajstić information content (AvgIpc) is 3.21. The number of hydrogen-bond acceptors (Lipinski definition) is 6. The molecule has 1 spiro atoms. The maximum atomic E-state index is 13.5. The van der Waals surface area contributed by atoms with E-state index < -0.39 is 52.7 Å². The van der Waals surface area contributed by atoms with Gasteiger partial charge in [0.05, 0.1) is 19.3 Å². The number of morpholine rings is 1. The number of imide groups is 1. The molecule has 8 nitrogen and oxygen atoms in total. The summed E-state index contributed by atoms with van der Waals surface area (Å²) in [5.41, 5.74) is -2.58. The number of amides is 3. The van der Waals surface area contributed by atoms with Crippen LogP contribution >= 0.6 is 0 Å². The van der Waals surface area contributed by atoms with E-state index in [1.807, 2.05) is 30.3 Å². The van der Waals surface area contributed by atoms with Gasteiger partial charge in [-0.15, -0.1) is 0 Å². The van der Waals surface area contributed by atoms with Crippen LogP contribution in [0.5, 0.6) is 0 Å². The Morgan fingerprint density at radius 3 is 2.44 bits per heavy atom. The Labute approximate surface area is 155 Å². The van der Waals surface area contributed by atoms with Gasteiger partial charge in [-0.3, -0.25) is 29.0 Å². The Balaban J connectivity index is 1.72. The quantitative estimate of drug-likeness (QED) is 0.533. The summed E-state index contributed by atoms with van der Waals surface area (Å²) in [7, 11) is 1.38. The molecule has 8 heteroatoms. The van der Waals surface area contributed by atoms with Gasteiger partial charge in [-0.25, -0.2) is 0 Å². The molecule has 4 aliphatic rings. The molecular formula is C19H18N2O6. The lowest BCUT2D eigenvalue weighted by molar-refractivity contribution is -0.208. The molecule has 3 amide bonds. The van der Waals surface area contributed by atoms with E-state index in [1.54, 1.807) is 0 Å². The maximum absolute atomic E-state index is 13.5. The van der Waals surface area contributed by atoms with Gasteiger partial charge in [0.2, 0.25) is 17.4 Å². The van der Waals surface area contributed by atoms with Crippen LogP contribution in [0.1, 0.15) is 18.5 Å². The maximum Gasteiger partial charge on any atom is 0.266 e. The van der Waals surface area contributed by atoms with Crippen LogP contribution in [0.3, 0.4) is 0 Å². The summed E-state index contributed by atoms with van der Waals surface area (Å²) < 4.78 is 11.8. The van der Waals surface area contributed by atoms with Crippen molar-refractivity contribution in [2.75, 3.05) is 20.3 Å². The SMILES string of the molecule is CC(=O)[C@]12O[C@@]3(COC[C@H](c4ccccc4)N3C1=O)[C@H]1C(=O)N(C)C(=O)[C@H]12. The molecule has 4 heterocycles. The number of nitrogens with zero attached hydrogens (tertiary/aromatic N) is 2. The molecular weight excluding hydrogens is 352 g/mol. The summed E-state index contributed by atoms with van der Waals surface area (Å²) in [5.74, 6) is -4.17. The van der Waals surface area contributed by atoms with Crippen molar-refractivity contribution >= 4 is 23.5 Å². The third kappa shape index (κ3) is 1.66. The van der Waals surface area contributed by atoms with Gasteiger partial charge in [-0.1, -0.05) is 30.3 Å². The van der Waals surface area contributed by atoms with E-state index in [0.29, 0.717) is 0 Å². The summed E-state index contributed by atoms with van der Waals surface area (Å²) in [6.45, 7) is 1.41. The standard InChI is InChI=1S/C19H18N2O6/c1-10(22)19-14-13(15(23)20(2)16(14)24)18(27-19)9-26-8-12(21(18)17(19)25)11-6-4-3-5-7-11/h3-7,12-14H,8-9H2,1-2H3/t12-,13-,14+,18+,19-/m1/s1. The molecule has 0 unspecified atom stereocenters.